The standard InChI is InChI=1S/C11H16N2O/c1-9-4-5-12-11(7-9)13-8-10-3-2-6-14-10/h4-5,7,10H,2-3,6,8H2,1H3,(H,12,13). The van der Waals surface area contributed by atoms with Crippen LogP contribution in [0.2, 0.25) is 0 Å². The second kappa shape index (κ2) is 4.42. The number of pyridine rings is 1. The van der Waals surface area contributed by atoms with Crippen molar-refractivity contribution in [2.75, 3.05) is 18.5 Å². The van der Waals surface area contributed by atoms with E-state index < -0.39 is 0 Å². The minimum atomic E-state index is 0.373. The molecule has 0 saturated carbocycles. The van der Waals surface area contributed by atoms with Crippen molar-refractivity contribution in [1.29, 1.82) is 0 Å². The summed E-state index contributed by atoms with van der Waals surface area (Å²) < 4.78 is 5.51. The summed E-state index contributed by atoms with van der Waals surface area (Å²) in [5.41, 5.74) is 1.23. The molecule has 3 heteroatoms. The average Bonchev–Trinajstić information content (AvgIpc) is 2.67. The molecular formula is C11H16N2O. The summed E-state index contributed by atoms with van der Waals surface area (Å²) in [4.78, 5) is 4.23. The first-order valence-electron chi connectivity index (χ1n) is 5.13. The summed E-state index contributed by atoms with van der Waals surface area (Å²) in [6, 6.07) is 4.05. The Bertz CT molecular complexity index is 295. The third-order valence-electron chi connectivity index (χ3n) is 2.45. The molecular weight excluding hydrogens is 176 g/mol. The molecule has 1 aromatic rings. The van der Waals surface area contributed by atoms with Crippen molar-refractivity contribution in [3.8, 4) is 0 Å². The highest BCUT2D eigenvalue weighted by atomic mass is 16.5. The van der Waals surface area contributed by atoms with E-state index in [0.717, 1.165) is 19.0 Å². The molecule has 14 heavy (non-hydrogen) atoms. The number of ether oxygens (including phenoxy) is 1. The Morgan fingerprint density at radius 1 is 1.64 bits per heavy atom. The Kier molecular flexibility index (Phi) is 2.99. The lowest BCUT2D eigenvalue weighted by atomic mass is 10.2. The lowest BCUT2D eigenvalue weighted by Gasteiger charge is -2.11. The fourth-order valence-electron chi connectivity index (χ4n) is 1.66. The largest absolute Gasteiger partial charge is 0.376 e. The van der Waals surface area contributed by atoms with Crippen LogP contribution < -0.4 is 5.32 Å². The van der Waals surface area contributed by atoms with Gasteiger partial charge in [-0.3, -0.25) is 0 Å². The van der Waals surface area contributed by atoms with Crippen LogP contribution >= 0.6 is 0 Å². The predicted molar refractivity (Wildman–Crippen MR) is 56.4 cm³/mol. The molecule has 1 atom stereocenters. The molecule has 0 bridgehead atoms. The molecule has 1 N–H and O–H groups in total. The zero-order valence-electron chi connectivity index (χ0n) is 8.49. The van der Waals surface area contributed by atoms with Gasteiger partial charge >= 0.3 is 0 Å². The van der Waals surface area contributed by atoms with Crippen LogP contribution in [0, 0.1) is 6.92 Å². The molecule has 0 aromatic carbocycles. The molecule has 0 amide bonds. The van der Waals surface area contributed by atoms with Gasteiger partial charge < -0.3 is 10.1 Å². The molecule has 1 aliphatic heterocycles. The highest BCUT2D eigenvalue weighted by molar-refractivity contribution is 5.36. The van der Waals surface area contributed by atoms with Crippen LogP contribution in [0.15, 0.2) is 18.3 Å². The predicted octanol–water partition coefficient (Wildman–Crippen LogP) is 1.98. The highest BCUT2D eigenvalue weighted by Gasteiger charge is 2.14. The van der Waals surface area contributed by atoms with Gasteiger partial charge in [0.15, 0.2) is 0 Å². The van der Waals surface area contributed by atoms with Crippen LogP contribution in [0.3, 0.4) is 0 Å². The van der Waals surface area contributed by atoms with Gasteiger partial charge in [-0.1, -0.05) is 0 Å². The molecule has 2 rings (SSSR count). The van der Waals surface area contributed by atoms with Crippen molar-refractivity contribution in [3.05, 3.63) is 23.9 Å². The molecule has 1 unspecified atom stereocenters. The summed E-state index contributed by atoms with van der Waals surface area (Å²) in [5.74, 6) is 0.945. The van der Waals surface area contributed by atoms with E-state index >= 15 is 0 Å². The minimum Gasteiger partial charge on any atom is -0.376 e. The maximum Gasteiger partial charge on any atom is 0.126 e. The van der Waals surface area contributed by atoms with Crippen LogP contribution in [0.1, 0.15) is 18.4 Å². The maximum atomic E-state index is 5.51. The zero-order valence-corrected chi connectivity index (χ0v) is 8.49. The van der Waals surface area contributed by atoms with Gasteiger partial charge in [-0.05, 0) is 37.5 Å². The second-order valence-corrected chi connectivity index (χ2v) is 3.73. The molecule has 0 spiro atoms. The molecule has 0 aliphatic carbocycles. The number of aromatic nitrogens is 1. The van der Waals surface area contributed by atoms with E-state index in [1.807, 2.05) is 12.3 Å². The Hall–Kier alpha value is -1.09. The van der Waals surface area contributed by atoms with Gasteiger partial charge in [-0.15, -0.1) is 0 Å². The van der Waals surface area contributed by atoms with Gasteiger partial charge in [0.25, 0.3) is 0 Å². The number of anilines is 1. The van der Waals surface area contributed by atoms with Crippen molar-refractivity contribution in [1.82, 2.24) is 4.98 Å². The first-order chi connectivity index (χ1) is 6.84. The summed E-state index contributed by atoms with van der Waals surface area (Å²) in [7, 11) is 0. The van der Waals surface area contributed by atoms with Crippen molar-refractivity contribution >= 4 is 5.82 Å². The average molecular weight is 192 g/mol. The lowest BCUT2D eigenvalue weighted by Crippen LogP contribution is -2.18. The first kappa shape index (κ1) is 9.46. The Labute approximate surface area is 84.5 Å². The van der Waals surface area contributed by atoms with Crippen molar-refractivity contribution < 1.29 is 4.74 Å². The van der Waals surface area contributed by atoms with E-state index in [4.69, 9.17) is 4.74 Å². The smallest absolute Gasteiger partial charge is 0.126 e. The van der Waals surface area contributed by atoms with E-state index in [2.05, 4.69) is 23.3 Å². The van der Waals surface area contributed by atoms with Crippen molar-refractivity contribution in [2.45, 2.75) is 25.9 Å². The first-order valence-corrected chi connectivity index (χ1v) is 5.13. The molecule has 1 aliphatic rings. The SMILES string of the molecule is Cc1ccnc(NCC2CCCO2)c1. The van der Waals surface area contributed by atoms with E-state index in [9.17, 15) is 0 Å². The number of hydrogen-bond acceptors (Lipinski definition) is 3. The van der Waals surface area contributed by atoms with E-state index in [0.29, 0.717) is 6.10 Å². The van der Waals surface area contributed by atoms with Gasteiger partial charge in [0.05, 0.1) is 6.10 Å². The van der Waals surface area contributed by atoms with Crippen LogP contribution in [0.5, 0.6) is 0 Å². The number of nitrogens with one attached hydrogen (secondary N) is 1. The molecule has 1 aromatic heterocycles. The molecule has 1 fully saturated rings. The topological polar surface area (TPSA) is 34.2 Å². The second-order valence-electron chi connectivity index (χ2n) is 3.73. The Morgan fingerprint density at radius 2 is 2.57 bits per heavy atom. The number of nitrogens with zero attached hydrogens (tertiary/aromatic N) is 1. The highest BCUT2D eigenvalue weighted by Crippen LogP contribution is 2.13. The van der Waals surface area contributed by atoms with Gasteiger partial charge in [0, 0.05) is 19.3 Å². The van der Waals surface area contributed by atoms with Gasteiger partial charge in [-0.2, -0.15) is 0 Å². The molecule has 1 saturated heterocycles. The summed E-state index contributed by atoms with van der Waals surface area (Å²) in [6.07, 6.45) is 4.55. The van der Waals surface area contributed by atoms with Gasteiger partial charge in [-0.25, -0.2) is 4.98 Å². The zero-order chi connectivity index (χ0) is 9.80. The van der Waals surface area contributed by atoms with Crippen LogP contribution in [0.4, 0.5) is 5.82 Å². The van der Waals surface area contributed by atoms with E-state index in [1.54, 1.807) is 0 Å². The van der Waals surface area contributed by atoms with Gasteiger partial charge in [0.2, 0.25) is 0 Å². The third kappa shape index (κ3) is 2.45. The quantitative estimate of drug-likeness (QED) is 0.795. The third-order valence-corrected chi connectivity index (χ3v) is 2.45. The summed E-state index contributed by atoms with van der Waals surface area (Å²) in [6.45, 7) is 3.85. The molecule has 2 heterocycles. The van der Waals surface area contributed by atoms with Crippen molar-refractivity contribution in [3.63, 3.8) is 0 Å². The maximum absolute atomic E-state index is 5.51. The molecule has 0 radical (unpaired) electrons. The van der Waals surface area contributed by atoms with Gasteiger partial charge in [0.1, 0.15) is 5.82 Å². The fourth-order valence-corrected chi connectivity index (χ4v) is 1.66. The monoisotopic (exact) mass is 192 g/mol. The lowest BCUT2D eigenvalue weighted by molar-refractivity contribution is 0.120. The normalized spacial score (nSPS) is 21.1. The fraction of sp³-hybridized carbons (Fsp3) is 0.545. The van der Waals surface area contributed by atoms with E-state index in [1.165, 1.54) is 18.4 Å². The summed E-state index contributed by atoms with van der Waals surface area (Å²) >= 11 is 0. The number of aryl methyl sites for hydroxylation is 1. The molecule has 76 valence electrons. The molecule has 3 nitrogen and oxygen atoms in total. The van der Waals surface area contributed by atoms with Crippen LogP contribution in [0.25, 0.3) is 0 Å². The number of rotatable bonds is 3. The summed E-state index contributed by atoms with van der Waals surface area (Å²) in [5, 5.41) is 3.29. The minimum absolute atomic E-state index is 0.373. The Balaban J connectivity index is 1.85. The number of hydrogen-bond donors (Lipinski definition) is 1. The Morgan fingerprint density at radius 3 is 3.29 bits per heavy atom. The van der Waals surface area contributed by atoms with Crippen LogP contribution in [-0.4, -0.2) is 24.2 Å². The van der Waals surface area contributed by atoms with E-state index in [-0.39, 0.29) is 0 Å². The van der Waals surface area contributed by atoms with Crippen molar-refractivity contribution in [2.24, 2.45) is 0 Å². The van der Waals surface area contributed by atoms with Crippen LogP contribution in [-0.2, 0) is 4.74 Å².